The first kappa shape index (κ1) is 12.8. The van der Waals surface area contributed by atoms with Gasteiger partial charge in [0.15, 0.2) is 0 Å². The van der Waals surface area contributed by atoms with Crippen molar-refractivity contribution in [1.82, 2.24) is 0 Å². The maximum Gasteiger partial charge on any atom is 0.123 e. The fraction of sp³-hybridized carbons (Fsp3) is 0.316. The first-order valence-electron chi connectivity index (χ1n) is 7.67. The van der Waals surface area contributed by atoms with Crippen LogP contribution in [0.1, 0.15) is 42.7 Å². The third-order valence-electron chi connectivity index (χ3n) is 5.00. The number of rotatable bonds is 1. The van der Waals surface area contributed by atoms with Gasteiger partial charge in [-0.2, -0.15) is 0 Å². The quantitative estimate of drug-likeness (QED) is 0.685. The summed E-state index contributed by atoms with van der Waals surface area (Å²) in [5.74, 6) is 0.291. The molecule has 2 aliphatic rings. The van der Waals surface area contributed by atoms with Gasteiger partial charge in [-0.15, -0.1) is 0 Å². The third-order valence-corrected chi connectivity index (χ3v) is 5.00. The van der Waals surface area contributed by atoms with Crippen LogP contribution in [0.2, 0.25) is 0 Å². The molecule has 0 saturated heterocycles. The van der Waals surface area contributed by atoms with Crippen LogP contribution in [0.5, 0.6) is 0 Å². The first-order chi connectivity index (χ1) is 10.3. The number of benzene rings is 2. The van der Waals surface area contributed by atoms with Crippen molar-refractivity contribution in [3.63, 3.8) is 0 Å². The summed E-state index contributed by atoms with van der Waals surface area (Å²) >= 11 is 0. The largest absolute Gasteiger partial charge is 0.260 e. The van der Waals surface area contributed by atoms with Crippen molar-refractivity contribution in [2.75, 3.05) is 0 Å². The molecule has 1 spiro atoms. The molecule has 21 heavy (non-hydrogen) atoms. The molecule has 2 atom stereocenters. The van der Waals surface area contributed by atoms with E-state index < -0.39 is 0 Å². The van der Waals surface area contributed by atoms with E-state index in [4.69, 9.17) is 0 Å². The number of fused-ring (bicyclic) bond motifs is 2. The molecule has 1 aliphatic carbocycles. The zero-order valence-electron chi connectivity index (χ0n) is 11.9. The molecule has 0 N–H and O–H groups in total. The molecule has 4 rings (SSSR count). The van der Waals surface area contributed by atoms with Gasteiger partial charge in [-0.1, -0.05) is 36.8 Å². The van der Waals surface area contributed by atoms with Crippen molar-refractivity contribution in [3.05, 3.63) is 65.5 Å². The van der Waals surface area contributed by atoms with E-state index in [9.17, 15) is 4.39 Å². The van der Waals surface area contributed by atoms with Crippen LogP contribution in [0, 0.1) is 5.82 Å². The second kappa shape index (κ2) is 4.80. The molecule has 2 heteroatoms. The van der Waals surface area contributed by atoms with Gasteiger partial charge >= 0.3 is 0 Å². The molecule has 0 bridgehead atoms. The Balaban J connectivity index is 1.69. The molecule has 1 nitrogen and oxygen atoms in total. The molecule has 0 radical (unpaired) electrons. The number of para-hydroxylation sites is 1. The third kappa shape index (κ3) is 2.10. The number of aliphatic imine (C=N–C) groups is 1. The standard InChI is InChI=1S/C19H18FN/c20-16-7-3-5-14(11-16)15-6-4-10-19(12-15)13-21-18-9-2-1-8-17(18)19/h1-3,5,7-9,11,13,15H,4,6,10,12H2. The topological polar surface area (TPSA) is 12.4 Å². The zero-order valence-corrected chi connectivity index (χ0v) is 11.9. The summed E-state index contributed by atoms with van der Waals surface area (Å²) in [4.78, 5) is 4.62. The lowest BCUT2D eigenvalue weighted by atomic mass is 9.66. The van der Waals surface area contributed by atoms with Crippen LogP contribution < -0.4 is 0 Å². The molecule has 106 valence electrons. The van der Waals surface area contributed by atoms with E-state index in [-0.39, 0.29) is 11.2 Å². The number of halogens is 1. The van der Waals surface area contributed by atoms with Gasteiger partial charge in [-0.25, -0.2) is 4.39 Å². The fourth-order valence-corrected chi connectivity index (χ4v) is 3.98. The highest BCUT2D eigenvalue weighted by Gasteiger charge is 2.40. The van der Waals surface area contributed by atoms with Crippen LogP contribution in [0.15, 0.2) is 53.5 Å². The summed E-state index contributed by atoms with van der Waals surface area (Å²) in [5.41, 5.74) is 3.65. The van der Waals surface area contributed by atoms with Crippen molar-refractivity contribution in [2.45, 2.75) is 37.0 Å². The normalized spacial score (nSPS) is 27.0. The Kier molecular flexibility index (Phi) is 2.91. The second-order valence-corrected chi connectivity index (χ2v) is 6.28. The van der Waals surface area contributed by atoms with Gasteiger partial charge in [0, 0.05) is 11.6 Å². The van der Waals surface area contributed by atoms with Crippen LogP contribution in [0.4, 0.5) is 10.1 Å². The minimum atomic E-state index is -0.132. The van der Waals surface area contributed by atoms with E-state index in [2.05, 4.69) is 35.5 Å². The summed E-state index contributed by atoms with van der Waals surface area (Å²) in [5, 5.41) is 0. The Hall–Kier alpha value is -1.96. The molecule has 2 unspecified atom stereocenters. The zero-order chi connectivity index (χ0) is 14.3. The monoisotopic (exact) mass is 279 g/mol. The molecule has 1 aliphatic heterocycles. The fourth-order valence-electron chi connectivity index (χ4n) is 3.98. The minimum Gasteiger partial charge on any atom is -0.260 e. The van der Waals surface area contributed by atoms with E-state index in [0.717, 1.165) is 30.5 Å². The summed E-state index contributed by atoms with van der Waals surface area (Å²) in [6.07, 6.45) is 6.64. The lowest BCUT2D eigenvalue weighted by molar-refractivity contribution is 0.349. The maximum absolute atomic E-state index is 13.5. The summed E-state index contributed by atoms with van der Waals surface area (Å²) < 4.78 is 13.5. The van der Waals surface area contributed by atoms with E-state index in [0.29, 0.717) is 5.92 Å². The molecule has 1 heterocycles. The predicted molar refractivity (Wildman–Crippen MR) is 83.9 cm³/mol. The predicted octanol–water partition coefficient (Wildman–Crippen LogP) is 5.14. The lowest BCUT2D eigenvalue weighted by Gasteiger charge is -2.37. The summed E-state index contributed by atoms with van der Waals surface area (Å²) in [6.45, 7) is 0. The highest BCUT2D eigenvalue weighted by molar-refractivity contribution is 5.85. The Labute approximate surface area is 124 Å². The van der Waals surface area contributed by atoms with Gasteiger partial charge in [0.25, 0.3) is 0 Å². The maximum atomic E-state index is 13.5. The van der Waals surface area contributed by atoms with Crippen LogP contribution >= 0.6 is 0 Å². The van der Waals surface area contributed by atoms with Gasteiger partial charge in [0.1, 0.15) is 5.82 Å². The highest BCUT2D eigenvalue weighted by Crippen LogP contribution is 2.50. The van der Waals surface area contributed by atoms with Crippen molar-refractivity contribution >= 4 is 11.9 Å². The minimum absolute atomic E-state index is 0.0613. The van der Waals surface area contributed by atoms with Crippen molar-refractivity contribution in [1.29, 1.82) is 0 Å². The van der Waals surface area contributed by atoms with Gasteiger partial charge < -0.3 is 0 Å². The molecule has 0 amide bonds. The Morgan fingerprint density at radius 1 is 1.10 bits per heavy atom. The van der Waals surface area contributed by atoms with E-state index in [1.165, 1.54) is 18.1 Å². The highest BCUT2D eigenvalue weighted by atomic mass is 19.1. The molecule has 1 saturated carbocycles. The number of hydrogen-bond acceptors (Lipinski definition) is 1. The van der Waals surface area contributed by atoms with E-state index in [1.54, 1.807) is 6.07 Å². The molecular weight excluding hydrogens is 261 g/mol. The van der Waals surface area contributed by atoms with E-state index >= 15 is 0 Å². The van der Waals surface area contributed by atoms with Gasteiger partial charge in [-0.3, -0.25) is 4.99 Å². The molecule has 1 fully saturated rings. The molecule has 2 aromatic rings. The lowest BCUT2D eigenvalue weighted by Crippen LogP contribution is -2.32. The Bertz CT molecular complexity index is 706. The average molecular weight is 279 g/mol. The first-order valence-corrected chi connectivity index (χ1v) is 7.67. The van der Waals surface area contributed by atoms with Crippen LogP contribution in [0.3, 0.4) is 0 Å². The van der Waals surface area contributed by atoms with Crippen molar-refractivity contribution in [3.8, 4) is 0 Å². The number of nitrogens with zero attached hydrogens (tertiary/aromatic N) is 1. The Morgan fingerprint density at radius 3 is 2.90 bits per heavy atom. The van der Waals surface area contributed by atoms with Crippen LogP contribution in [-0.2, 0) is 5.41 Å². The van der Waals surface area contributed by atoms with Crippen LogP contribution in [0.25, 0.3) is 0 Å². The SMILES string of the molecule is Fc1cccc(C2CCCC3(C=Nc4ccccc43)C2)c1. The summed E-state index contributed by atoms with van der Waals surface area (Å²) in [7, 11) is 0. The molecule has 2 aromatic carbocycles. The van der Waals surface area contributed by atoms with E-state index in [1.807, 2.05) is 12.1 Å². The second-order valence-electron chi connectivity index (χ2n) is 6.28. The molecule has 0 aromatic heterocycles. The number of hydrogen-bond donors (Lipinski definition) is 0. The summed E-state index contributed by atoms with van der Waals surface area (Å²) in [6, 6.07) is 15.5. The Morgan fingerprint density at radius 2 is 2.00 bits per heavy atom. The van der Waals surface area contributed by atoms with Gasteiger partial charge in [0.2, 0.25) is 0 Å². The van der Waals surface area contributed by atoms with Gasteiger partial charge in [-0.05, 0) is 54.5 Å². The van der Waals surface area contributed by atoms with Crippen LogP contribution in [-0.4, -0.2) is 6.21 Å². The van der Waals surface area contributed by atoms with Gasteiger partial charge in [0.05, 0.1) is 5.69 Å². The molecular formula is C19H18FN. The average Bonchev–Trinajstić information content (AvgIpc) is 2.86. The smallest absolute Gasteiger partial charge is 0.123 e. The van der Waals surface area contributed by atoms with Crippen molar-refractivity contribution in [2.24, 2.45) is 4.99 Å². The van der Waals surface area contributed by atoms with Crippen molar-refractivity contribution < 1.29 is 4.39 Å².